The number of nitrogen functional groups attached to an aromatic ring is 1. The molecule has 0 fully saturated rings. The highest BCUT2D eigenvalue weighted by molar-refractivity contribution is 7.92. The maximum atomic E-state index is 13.6. The summed E-state index contributed by atoms with van der Waals surface area (Å²) in [5.41, 5.74) is 6.53. The first-order chi connectivity index (χ1) is 17.5. The molecule has 0 amide bonds. The Labute approximate surface area is 216 Å². The van der Waals surface area contributed by atoms with E-state index in [0.29, 0.717) is 28.9 Å². The number of benzene rings is 3. The van der Waals surface area contributed by atoms with E-state index < -0.39 is 26.7 Å². The molecule has 0 saturated heterocycles. The molecule has 4 aromatic rings. The van der Waals surface area contributed by atoms with Crippen LogP contribution in [-0.4, -0.2) is 19.2 Å². The van der Waals surface area contributed by atoms with Crippen molar-refractivity contribution in [1.82, 2.24) is 4.98 Å². The van der Waals surface area contributed by atoms with Gasteiger partial charge in [-0.05, 0) is 35.4 Å². The van der Waals surface area contributed by atoms with Crippen LogP contribution in [0.15, 0.2) is 89.1 Å². The van der Waals surface area contributed by atoms with E-state index >= 15 is 0 Å². The number of sulfonamides is 1. The Bertz CT molecular complexity index is 1510. The van der Waals surface area contributed by atoms with Crippen LogP contribution in [0.5, 0.6) is 0 Å². The van der Waals surface area contributed by atoms with Gasteiger partial charge >= 0.3 is 6.18 Å². The number of alkyl halides is 3. The smallest absolute Gasteiger partial charge is 0.384 e. The summed E-state index contributed by atoms with van der Waals surface area (Å²) in [5, 5.41) is 12.6. The van der Waals surface area contributed by atoms with Gasteiger partial charge in [-0.2, -0.15) is 13.2 Å². The van der Waals surface area contributed by atoms with E-state index in [0.717, 1.165) is 39.4 Å². The predicted molar refractivity (Wildman–Crippen MR) is 138 cm³/mol. The highest BCUT2D eigenvalue weighted by Gasteiger charge is 2.33. The van der Waals surface area contributed by atoms with Crippen molar-refractivity contribution in [2.45, 2.75) is 24.2 Å². The Morgan fingerprint density at radius 1 is 1.00 bits per heavy atom. The van der Waals surface area contributed by atoms with Crippen LogP contribution in [0.1, 0.15) is 22.3 Å². The minimum absolute atomic E-state index is 0.0604. The molecule has 4 N–H and O–H groups in total. The van der Waals surface area contributed by atoms with Crippen molar-refractivity contribution < 1.29 is 21.6 Å². The van der Waals surface area contributed by atoms with E-state index in [9.17, 15) is 21.6 Å². The van der Waals surface area contributed by atoms with E-state index in [2.05, 4.69) is 10.3 Å². The van der Waals surface area contributed by atoms with Crippen LogP contribution in [0.4, 0.5) is 24.1 Å². The first-order valence-corrected chi connectivity index (χ1v) is 13.2. The zero-order chi connectivity index (χ0) is 26.6. The summed E-state index contributed by atoms with van der Waals surface area (Å²) < 4.78 is 68.0. The first-order valence-electron chi connectivity index (χ1n) is 10.9. The van der Waals surface area contributed by atoms with Crippen LogP contribution in [0.3, 0.4) is 0 Å². The molecular weight excluding hydrogens is 523 g/mol. The van der Waals surface area contributed by atoms with Gasteiger partial charge in [0.25, 0.3) is 10.0 Å². The molecule has 0 atom stereocenters. The molecule has 37 heavy (non-hydrogen) atoms. The summed E-state index contributed by atoms with van der Waals surface area (Å²) in [6, 6.07) is 19.4. The number of nitrogens with zero attached hydrogens (tertiary/aromatic N) is 2. The normalized spacial score (nSPS) is 11.8. The summed E-state index contributed by atoms with van der Waals surface area (Å²) in [6.07, 6.45) is -4.69. The quantitative estimate of drug-likeness (QED) is 0.191. The van der Waals surface area contributed by atoms with Crippen molar-refractivity contribution in [3.8, 4) is 0 Å². The highest BCUT2D eigenvalue weighted by atomic mass is 32.2. The number of hydrogen-bond acceptors (Lipinski definition) is 6. The maximum Gasteiger partial charge on any atom is 0.416 e. The molecular formula is C25H22F3N5O2S2. The molecule has 4 rings (SSSR count). The maximum absolute atomic E-state index is 13.6. The number of hydrogen-bond donors (Lipinski definition) is 3. The van der Waals surface area contributed by atoms with Crippen LogP contribution < -0.4 is 15.4 Å². The average Bonchev–Trinajstić information content (AvgIpc) is 3.35. The zero-order valence-electron chi connectivity index (χ0n) is 19.2. The molecule has 0 saturated carbocycles. The Morgan fingerprint density at radius 3 is 2.41 bits per heavy atom. The summed E-state index contributed by atoms with van der Waals surface area (Å²) in [6.45, 7) is 0.219. The Morgan fingerprint density at radius 2 is 1.70 bits per heavy atom. The Balaban J connectivity index is 1.64. The van der Waals surface area contributed by atoms with Gasteiger partial charge < -0.3 is 11.1 Å². The number of amidine groups is 1. The largest absolute Gasteiger partial charge is 0.416 e. The van der Waals surface area contributed by atoms with Gasteiger partial charge in [-0.25, -0.2) is 17.7 Å². The highest BCUT2D eigenvalue weighted by Crippen LogP contribution is 2.33. The van der Waals surface area contributed by atoms with Crippen LogP contribution in [0.2, 0.25) is 0 Å². The summed E-state index contributed by atoms with van der Waals surface area (Å²) >= 11 is 1.16. The van der Waals surface area contributed by atoms with E-state index in [4.69, 9.17) is 11.1 Å². The molecule has 7 nitrogen and oxygen atoms in total. The summed E-state index contributed by atoms with van der Waals surface area (Å²) in [7, 11) is -4.39. The lowest BCUT2D eigenvalue weighted by Crippen LogP contribution is -2.31. The van der Waals surface area contributed by atoms with Crippen molar-refractivity contribution in [2.24, 2.45) is 5.73 Å². The lowest BCUT2D eigenvalue weighted by molar-refractivity contribution is -0.137. The Kier molecular flexibility index (Phi) is 7.50. The summed E-state index contributed by atoms with van der Waals surface area (Å²) in [5.74, 6) is 0.0148. The number of aromatic nitrogens is 1. The lowest BCUT2D eigenvalue weighted by atomic mass is 10.1. The molecule has 0 aliphatic carbocycles. The molecule has 0 radical (unpaired) electrons. The fourth-order valence-corrected chi connectivity index (χ4v) is 5.69. The fourth-order valence-electron chi connectivity index (χ4n) is 3.49. The van der Waals surface area contributed by atoms with Crippen LogP contribution in [0.25, 0.3) is 0 Å². The molecule has 1 heterocycles. The number of anilines is 2. The van der Waals surface area contributed by atoms with Crippen molar-refractivity contribution in [1.29, 1.82) is 5.41 Å². The molecule has 192 valence electrons. The van der Waals surface area contributed by atoms with Gasteiger partial charge in [0, 0.05) is 17.5 Å². The number of thiazole rings is 1. The molecule has 0 aliphatic rings. The monoisotopic (exact) mass is 545 g/mol. The molecule has 12 heteroatoms. The van der Waals surface area contributed by atoms with Crippen LogP contribution in [0, 0.1) is 5.41 Å². The summed E-state index contributed by atoms with van der Waals surface area (Å²) in [4.78, 5) is 3.92. The number of nitrogens with two attached hydrogens (primary N) is 1. The topological polar surface area (TPSA) is 112 Å². The standard InChI is InChI=1S/C25H22F3N5O2S2/c26-25(27,28)20-10-5-11-21(13-20)37(34,35)33(15-17-6-2-1-3-7-17)22-16-36-24(32-22)31-14-18-8-4-9-19(12-18)23(29)30/h1-13,16H,14-15H2,(H3,29,30)(H,31,32). The second-order valence-corrected chi connectivity index (χ2v) is 10.7. The third kappa shape index (κ3) is 6.27. The van der Waals surface area contributed by atoms with Gasteiger partial charge in [0.15, 0.2) is 10.9 Å². The van der Waals surface area contributed by atoms with Gasteiger partial charge in [-0.3, -0.25) is 5.41 Å². The average molecular weight is 546 g/mol. The van der Waals surface area contributed by atoms with Crippen molar-refractivity contribution in [3.63, 3.8) is 0 Å². The van der Waals surface area contributed by atoms with Gasteiger partial charge in [-0.1, -0.05) is 54.6 Å². The molecule has 3 aromatic carbocycles. The second-order valence-electron chi connectivity index (χ2n) is 8.00. The molecule has 0 unspecified atom stereocenters. The second kappa shape index (κ2) is 10.6. The van der Waals surface area contributed by atoms with Crippen LogP contribution in [-0.2, 0) is 29.3 Å². The lowest BCUT2D eigenvalue weighted by Gasteiger charge is -2.23. The van der Waals surface area contributed by atoms with E-state index in [-0.39, 0.29) is 18.2 Å². The van der Waals surface area contributed by atoms with E-state index in [1.807, 2.05) is 6.07 Å². The minimum atomic E-state index is -4.69. The van der Waals surface area contributed by atoms with Gasteiger partial charge in [0.1, 0.15) is 5.84 Å². The van der Waals surface area contributed by atoms with Gasteiger partial charge in [0.05, 0.1) is 17.0 Å². The third-order valence-electron chi connectivity index (χ3n) is 5.35. The Hall–Kier alpha value is -3.90. The fraction of sp³-hybridized carbons (Fsp3) is 0.120. The van der Waals surface area contributed by atoms with E-state index in [1.165, 1.54) is 5.38 Å². The SMILES string of the molecule is N=C(N)c1cccc(CNc2nc(N(Cc3ccccc3)S(=O)(=O)c3cccc(C(F)(F)F)c3)cs2)c1. The van der Waals surface area contributed by atoms with Crippen LogP contribution >= 0.6 is 11.3 Å². The van der Waals surface area contributed by atoms with Gasteiger partial charge in [0.2, 0.25) is 0 Å². The molecule has 1 aromatic heterocycles. The number of rotatable bonds is 9. The zero-order valence-corrected chi connectivity index (χ0v) is 20.9. The first kappa shape index (κ1) is 26.2. The number of halogens is 3. The number of nitrogens with one attached hydrogen (secondary N) is 2. The van der Waals surface area contributed by atoms with Crippen molar-refractivity contribution in [3.05, 3.63) is 106 Å². The van der Waals surface area contributed by atoms with Crippen molar-refractivity contribution >= 4 is 38.1 Å². The third-order valence-corrected chi connectivity index (χ3v) is 7.88. The van der Waals surface area contributed by atoms with Gasteiger partial charge in [-0.15, -0.1) is 11.3 Å². The minimum Gasteiger partial charge on any atom is -0.384 e. The molecule has 0 spiro atoms. The molecule has 0 bridgehead atoms. The van der Waals surface area contributed by atoms with Crippen molar-refractivity contribution in [2.75, 3.05) is 9.62 Å². The molecule has 0 aliphatic heterocycles. The van der Waals surface area contributed by atoms with E-state index in [1.54, 1.807) is 48.5 Å². The predicted octanol–water partition coefficient (Wildman–Crippen LogP) is 5.45.